The molecule has 1 aliphatic heterocycles. The summed E-state index contributed by atoms with van der Waals surface area (Å²) in [6.45, 7) is 5.45. The SMILES string of the molecule is CNCCn1cc(-c2ccc3c(c2)C(NC(C)=O)CC(C)N3c2cccnc2)cn1. The van der Waals surface area contributed by atoms with E-state index in [9.17, 15) is 4.79 Å². The van der Waals surface area contributed by atoms with Crippen molar-refractivity contribution in [1.82, 2.24) is 25.4 Å². The maximum Gasteiger partial charge on any atom is 0.217 e. The first kappa shape index (κ1) is 20.1. The van der Waals surface area contributed by atoms with Gasteiger partial charge in [0.15, 0.2) is 0 Å². The molecule has 0 aliphatic carbocycles. The molecule has 7 heteroatoms. The molecule has 1 amide bonds. The molecule has 2 N–H and O–H groups in total. The topological polar surface area (TPSA) is 75.1 Å². The molecule has 156 valence electrons. The highest BCUT2D eigenvalue weighted by Crippen LogP contribution is 2.42. The van der Waals surface area contributed by atoms with Gasteiger partial charge < -0.3 is 15.5 Å². The number of benzene rings is 1. The molecule has 0 radical (unpaired) electrons. The van der Waals surface area contributed by atoms with Crippen LogP contribution in [0.2, 0.25) is 0 Å². The number of anilines is 2. The Balaban J connectivity index is 1.74. The van der Waals surface area contributed by atoms with Crippen molar-refractivity contribution in [3.63, 3.8) is 0 Å². The lowest BCUT2D eigenvalue weighted by Crippen LogP contribution is -2.40. The van der Waals surface area contributed by atoms with Gasteiger partial charge in [0, 0.05) is 43.2 Å². The van der Waals surface area contributed by atoms with E-state index in [0.29, 0.717) is 0 Å². The van der Waals surface area contributed by atoms with Crippen LogP contribution < -0.4 is 15.5 Å². The summed E-state index contributed by atoms with van der Waals surface area (Å²) in [4.78, 5) is 18.5. The van der Waals surface area contributed by atoms with Crippen molar-refractivity contribution >= 4 is 17.3 Å². The molecule has 4 rings (SSSR count). The molecular weight excluding hydrogens is 376 g/mol. The fourth-order valence-corrected chi connectivity index (χ4v) is 4.18. The van der Waals surface area contributed by atoms with Gasteiger partial charge in [-0.25, -0.2) is 0 Å². The van der Waals surface area contributed by atoms with Gasteiger partial charge in [0.1, 0.15) is 0 Å². The number of pyridine rings is 1. The zero-order valence-corrected chi connectivity index (χ0v) is 17.7. The number of hydrogen-bond donors (Lipinski definition) is 2. The molecule has 0 spiro atoms. The van der Waals surface area contributed by atoms with Gasteiger partial charge in [0.2, 0.25) is 5.91 Å². The van der Waals surface area contributed by atoms with Gasteiger partial charge in [-0.2, -0.15) is 5.10 Å². The molecule has 2 aromatic heterocycles. The number of carbonyl (C=O) groups is 1. The Bertz CT molecular complexity index is 1020. The van der Waals surface area contributed by atoms with E-state index in [1.54, 1.807) is 13.1 Å². The third-order valence-electron chi connectivity index (χ3n) is 5.54. The Morgan fingerprint density at radius 3 is 2.83 bits per heavy atom. The second kappa shape index (κ2) is 8.67. The van der Waals surface area contributed by atoms with E-state index in [-0.39, 0.29) is 18.0 Å². The second-order valence-corrected chi connectivity index (χ2v) is 7.79. The number of hydrogen-bond acceptors (Lipinski definition) is 5. The minimum Gasteiger partial charge on any atom is -0.349 e. The highest BCUT2D eigenvalue weighted by molar-refractivity contribution is 5.77. The van der Waals surface area contributed by atoms with Gasteiger partial charge in [-0.1, -0.05) is 6.07 Å². The van der Waals surface area contributed by atoms with Crippen LogP contribution in [-0.2, 0) is 11.3 Å². The average Bonchev–Trinajstić information content (AvgIpc) is 3.21. The van der Waals surface area contributed by atoms with Gasteiger partial charge in [0.25, 0.3) is 0 Å². The van der Waals surface area contributed by atoms with Crippen LogP contribution in [0.5, 0.6) is 0 Å². The average molecular weight is 405 g/mol. The molecule has 3 aromatic rings. The first-order valence-corrected chi connectivity index (χ1v) is 10.3. The fourth-order valence-electron chi connectivity index (χ4n) is 4.18. The number of rotatable bonds is 6. The molecule has 0 saturated heterocycles. The van der Waals surface area contributed by atoms with E-state index < -0.39 is 0 Å². The van der Waals surface area contributed by atoms with Crippen LogP contribution in [0.3, 0.4) is 0 Å². The van der Waals surface area contributed by atoms with E-state index in [0.717, 1.165) is 47.6 Å². The molecule has 1 aromatic carbocycles. The minimum atomic E-state index is -0.0280. The van der Waals surface area contributed by atoms with Gasteiger partial charge >= 0.3 is 0 Å². The predicted molar refractivity (Wildman–Crippen MR) is 119 cm³/mol. The summed E-state index contributed by atoms with van der Waals surface area (Å²) < 4.78 is 1.95. The van der Waals surface area contributed by atoms with Crippen molar-refractivity contribution in [2.75, 3.05) is 18.5 Å². The number of nitrogens with one attached hydrogen (secondary N) is 2. The number of nitrogens with zero attached hydrogens (tertiary/aromatic N) is 4. The van der Waals surface area contributed by atoms with Crippen LogP contribution in [0.1, 0.15) is 31.9 Å². The molecule has 3 heterocycles. The van der Waals surface area contributed by atoms with Gasteiger partial charge in [-0.3, -0.25) is 14.5 Å². The Morgan fingerprint density at radius 1 is 1.23 bits per heavy atom. The number of likely N-dealkylation sites (N-methyl/N-ethyl adjacent to an activating group) is 1. The summed E-state index contributed by atoms with van der Waals surface area (Å²) in [6, 6.07) is 10.7. The molecule has 1 aliphatic rings. The second-order valence-electron chi connectivity index (χ2n) is 7.79. The molecule has 30 heavy (non-hydrogen) atoms. The van der Waals surface area contributed by atoms with Crippen LogP contribution in [-0.4, -0.2) is 40.3 Å². The van der Waals surface area contributed by atoms with Crippen molar-refractivity contribution in [3.05, 3.63) is 60.7 Å². The van der Waals surface area contributed by atoms with Crippen LogP contribution in [0.4, 0.5) is 11.4 Å². The molecule has 2 atom stereocenters. The highest BCUT2D eigenvalue weighted by atomic mass is 16.1. The van der Waals surface area contributed by atoms with Crippen LogP contribution in [0.15, 0.2) is 55.1 Å². The first-order valence-electron chi connectivity index (χ1n) is 10.3. The summed E-state index contributed by atoms with van der Waals surface area (Å²) in [5.41, 5.74) is 5.45. The Kier molecular flexibility index (Phi) is 5.81. The highest BCUT2D eigenvalue weighted by Gasteiger charge is 2.32. The summed E-state index contributed by atoms with van der Waals surface area (Å²) in [7, 11) is 1.94. The molecule has 0 saturated carbocycles. The van der Waals surface area contributed by atoms with Crippen molar-refractivity contribution in [1.29, 1.82) is 0 Å². The fraction of sp³-hybridized carbons (Fsp3) is 0.348. The van der Waals surface area contributed by atoms with Gasteiger partial charge in [-0.05, 0) is 55.8 Å². The molecule has 2 unspecified atom stereocenters. The van der Waals surface area contributed by atoms with Crippen LogP contribution in [0.25, 0.3) is 11.1 Å². The molecule has 0 fully saturated rings. The van der Waals surface area contributed by atoms with E-state index in [1.165, 1.54) is 0 Å². The third kappa shape index (κ3) is 4.07. The molecule has 0 bridgehead atoms. The number of carbonyl (C=O) groups excluding carboxylic acids is 1. The number of amides is 1. The van der Waals surface area contributed by atoms with Gasteiger partial charge in [0.05, 0.1) is 30.7 Å². The lowest BCUT2D eigenvalue weighted by atomic mass is 9.89. The number of fused-ring (bicyclic) bond motifs is 1. The first-order chi connectivity index (χ1) is 14.6. The quantitative estimate of drug-likeness (QED) is 0.660. The van der Waals surface area contributed by atoms with Crippen LogP contribution in [0, 0.1) is 0 Å². The summed E-state index contributed by atoms with van der Waals surface area (Å²) in [6.07, 6.45) is 8.46. The van der Waals surface area contributed by atoms with Crippen molar-refractivity contribution in [3.8, 4) is 11.1 Å². The van der Waals surface area contributed by atoms with E-state index in [1.807, 2.05) is 30.2 Å². The third-order valence-corrected chi connectivity index (χ3v) is 5.54. The summed E-state index contributed by atoms with van der Waals surface area (Å²) in [5.74, 6) is -0.0155. The largest absolute Gasteiger partial charge is 0.349 e. The zero-order chi connectivity index (χ0) is 21.1. The normalized spacial score (nSPS) is 18.2. The minimum absolute atomic E-state index is 0.0155. The predicted octanol–water partition coefficient (Wildman–Crippen LogP) is 3.27. The monoisotopic (exact) mass is 404 g/mol. The molecular formula is C23H28N6O. The standard InChI is InChI=1S/C23H28N6O/c1-16-11-22(27-17(2)30)21-12-18(19-13-26-28(15-19)10-9-24-3)6-7-23(21)29(16)20-5-4-8-25-14-20/h4-8,12-16,22,24H,9-11H2,1-3H3,(H,27,30). The maximum atomic E-state index is 11.9. The summed E-state index contributed by atoms with van der Waals surface area (Å²) >= 11 is 0. The van der Waals surface area contributed by atoms with Crippen molar-refractivity contribution in [2.45, 2.75) is 38.9 Å². The Hall–Kier alpha value is -3.19. The van der Waals surface area contributed by atoms with Crippen molar-refractivity contribution in [2.24, 2.45) is 0 Å². The number of aromatic nitrogens is 3. The Morgan fingerprint density at radius 2 is 2.10 bits per heavy atom. The smallest absolute Gasteiger partial charge is 0.217 e. The Labute approximate surface area is 177 Å². The van der Waals surface area contributed by atoms with E-state index >= 15 is 0 Å². The van der Waals surface area contributed by atoms with E-state index in [2.05, 4.69) is 63.0 Å². The zero-order valence-electron chi connectivity index (χ0n) is 17.7. The lowest BCUT2D eigenvalue weighted by molar-refractivity contribution is -0.119. The van der Waals surface area contributed by atoms with Crippen LogP contribution >= 0.6 is 0 Å². The van der Waals surface area contributed by atoms with Gasteiger partial charge in [-0.15, -0.1) is 0 Å². The lowest BCUT2D eigenvalue weighted by Gasteiger charge is -2.41. The summed E-state index contributed by atoms with van der Waals surface area (Å²) in [5, 5.41) is 10.8. The van der Waals surface area contributed by atoms with Crippen molar-refractivity contribution < 1.29 is 4.79 Å². The molecule has 7 nitrogen and oxygen atoms in total. The maximum absolute atomic E-state index is 11.9. The van der Waals surface area contributed by atoms with E-state index in [4.69, 9.17) is 0 Å².